The molecule has 1 saturated heterocycles. The molecule has 18 heavy (non-hydrogen) atoms. The number of nitrogens with two attached hydrogens (primary N) is 1. The number of piperidine rings is 1. The lowest BCUT2D eigenvalue weighted by atomic mass is 10.1. The number of aliphatic imine (C=N–C) groups is 1. The molecule has 1 fully saturated rings. The highest BCUT2D eigenvalue weighted by Crippen LogP contribution is 2.20. The van der Waals surface area contributed by atoms with Crippen LogP contribution in [0.2, 0.25) is 0 Å². The summed E-state index contributed by atoms with van der Waals surface area (Å²) in [7, 11) is 0. The molecular weight excluding hydrogens is 242 g/mol. The minimum atomic E-state index is 0.676. The molecule has 4 heteroatoms. The van der Waals surface area contributed by atoms with Gasteiger partial charge in [-0.25, -0.2) is 4.99 Å². The van der Waals surface area contributed by atoms with Crippen molar-refractivity contribution in [2.45, 2.75) is 24.6 Å². The predicted molar refractivity (Wildman–Crippen MR) is 79.9 cm³/mol. The van der Waals surface area contributed by atoms with Crippen LogP contribution in [-0.2, 0) is 6.54 Å². The molecule has 0 radical (unpaired) electrons. The molecule has 0 unspecified atom stereocenters. The van der Waals surface area contributed by atoms with E-state index in [0.717, 1.165) is 18.3 Å². The average molecular weight is 263 g/mol. The lowest BCUT2D eigenvalue weighted by Crippen LogP contribution is -2.43. The number of likely N-dealkylation sites (tertiary alicyclic amines) is 1. The van der Waals surface area contributed by atoms with Crippen LogP contribution < -0.4 is 5.73 Å². The molecule has 3 nitrogen and oxygen atoms in total. The summed E-state index contributed by atoms with van der Waals surface area (Å²) in [5.41, 5.74) is 7.26. The quantitative estimate of drug-likeness (QED) is 0.672. The molecule has 0 bridgehead atoms. The molecule has 0 spiro atoms. The summed E-state index contributed by atoms with van der Waals surface area (Å²) in [5, 5.41) is 0.795. The summed E-state index contributed by atoms with van der Waals surface area (Å²) in [6.07, 6.45) is 4.61. The number of hydrogen-bond donors (Lipinski definition) is 1. The lowest BCUT2D eigenvalue weighted by Gasteiger charge is -2.31. The molecule has 0 aliphatic carbocycles. The van der Waals surface area contributed by atoms with Gasteiger partial charge in [-0.3, -0.25) is 0 Å². The topological polar surface area (TPSA) is 41.6 Å². The van der Waals surface area contributed by atoms with Crippen molar-refractivity contribution in [1.82, 2.24) is 4.90 Å². The minimum Gasteiger partial charge on any atom is -0.370 e. The van der Waals surface area contributed by atoms with Crippen LogP contribution in [0.3, 0.4) is 0 Å². The third-order valence-electron chi connectivity index (χ3n) is 3.37. The number of guanidine groups is 1. The Labute approximate surface area is 113 Å². The van der Waals surface area contributed by atoms with Crippen molar-refractivity contribution in [3.05, 3.63) is 35.9 Å². The molecule has 0 atom stereocenters. The van der Waals surface area contributed by atoms with Crippen molar-refractivity contribution in [3.8, 4) is 0 Å². The van der Waals surface area contributed by atoms with E-state index in [9.17, 15) is 0 Å². The van der Waals surface area contributed by atoms with Gasteiger partial charge in [0.2, 0.25) is 0 Å². The second-order valence-corrected chi connectivity index (χ2v) is 5.72. The van der Waals surface area contributed by atoms with Gasteiger partial charge in [0.05, 0.1) is 6.54 Å². The lowest BCUT2D eigenvalue weighted by molar-refractivity contribution is 0.344. The van der Waals surface area contributed by atoms with Gasteiger partial charge in [0.25, 0.3) is 0 Å². The van der Waals surface area contributed by atoms with E-state index in [2.05, 4.69) is 28.3 Å². The van der Waals surface area contributed by atoms with Crippen molar-refractivity contribution in [3.63, 3.8) is 0 Å². The molecule has 0 saturated carbocycles. The Morgan fingerprint density at radius 3 is 2.61 bits per heavy atom. The summed E-state index contributed by atoms with van der Waals surface area (Å²) in [6, 6.07) is 10.2. The first-order chi connectivity index (χ1) is 8.79. The summed E-state index contributed by atoms with van der Waals surface area (Å²) in [5.74, 6) is 0.693. The van der Waals surface area contributed by atoms with E-state index < -0.39 is 0 Å². The van der Waals surface area contributed by atoms with Crippen molar-refractivity contribution in [1.29, 1.82) is 0 Å². The first-order valence-corrected chi connectivity index (χ1v) is 7.70. The highest BCUT2D eigenvalue weighted by Gasteiger charge is 2.19. The van der Waals surface area contributed by atoms with E-state index in [1.165, 1.54) is 18.4 Å². The Balaban J connectivity index is 1.86. The Morgan fingerprint density at radius 1 is 1.33 bits per heavy atom. The first kappa shape index (κ1) is 13.3. The van der Waals surface area contributed by atoms with Gasteiger partial charge in [0, 0.05) is 18.3 Å². The summed E-state index contributed by atoms with van der Waals surface area (Å²) in [6.45, 7) is 2.75. The minimum absolute atomic E-state index is 0.676. The van der Waals surface area contributed by atoms with Gasteiger partial charge in [-0.2, -0.15) is 11.8 Å². The van der Waals surface area contributed by atoms with Crippen LogP contribution in [0.4, 0.5) is 0 Å². The highest BCUT2D eigenvalue weighted by molar-refractivity contribution is 7.99. The number of nitrogens with zero attached hydrogens (tertiary/aromatic N) is 2. The maximum atomic E-state index is 6.05. The van der Waals surface area contributed by atoms with Gasteiger partial charge in [-0.05, 0) is 24.7 Å². The monoisotopic (exact) mass is 263 g/mol. The summed E-state index contributed by atoms with van der Waals surface area (Å²) in [4.78, 5) is 6.69. The van der Waals surface area contributed by atoms with Crippen LogP contribution in [0, 0.1) is 0 Å². The molecule has 2 N–H and O–H groups in total. The smallest absolute Gasteiger partial charge is 0.191 e. The van der Waals surface area contributed by atoms with Crippen molar-refractivity contribution in [2.24, 2.45) is 10.7 Å². The molecular formula is C14H21N3S. The zero-order valence-corrected chi connectivity index (χ0v) is 11.7. The molecule has 1 aromatic carbocycles. The fraction of sp³-hybridized carbons (Fsp3) is 0.500. The largest absolute Gasteiger partial charge is 0.370 e. The fourth-order valence-corrected chi connectivity index (χ4v) is 2.86. The SMILES string of the molecule is CSC1CCN(C(N)=NCc2ccccc2)CC1. The molecule has 0 amide bonds. The van der Waals surface area contributed by atoms with Crippen LogP contribution in [-0.4, -0.2) is 35.5 Å². The maximum absolute atomic E-state index is 6.05. The second kappa shape index (κ2) is 6.69. The Kier molecular flexibility index (Phi) is 4.93. The Bertz CT molecular complexity index is 383. The Hall–Kier alpha value is -1.16. The number of thioether (sulfide) groups is 1. The van der Waals surface area contributed by atoms with Crippen LogP contribution in [0.5, 0.6) is 0 Å². The van der Waals surface area contributed by atoms with E-state index >= 15 is 0 Å². The van der Waals surface area contributed by atoms with Gasteiger partial charge in [0.1, 0.15) is 0 Å². The van der Waals surface area contributed by atoms with Gasteiger partial charge in [-0.15, -0.1) is 0 Å². The fourth-order valence-electron chi connectivity index (χ4n) is 2.18. The van der Waals surface area contributed by atoms with Gasteiger partial charge < -0.3 is 10.6 Å². The van der Waals surface area contributed by atoms with Gasteiger partial charge >= 0.3 is 0 Å². The van der Waals surface area contributed by atoms with E-state index in [4.69, 9.17) is 5.73 Å². The van der Waals surface area contributed by atoms with Crippen LogP contribution in [0.1, 0.15) is 18.4 Å². The number of hydrogen-bond acceptors (Lipinski definition) is 2. The molecule has 0 aromatic heterocycles. The van der Waals surface area contributed by atoms with Crippen molar-refractivity contribution in [2.75, 3.05) is 19.3 Å². The maximum Gasteiger partial charge on any atom is 0.191 e. The molecule has 1 aliphatic rings. The third kappa shape index (κ3) is 3.67. The van der Waals surface area contributed by atoms with Crippen LogP contribution >= 0.6 is 11.8 Å². The van der Waals surface area contributed by atoms with E-state index in [-0.39, 0.29) is 0 Å². The highest BCUT2D eigenvalue weighted by atomic mass is 32.2. The zero-order valence-electron chi connectivity index (χ0n) is 10.9. The summed E-state index contributed by atoms with van der Waals surface area (Å²) >= 11 is 1.96. The molecule has 2 rings (SSSR count). The molecule has 1 heterocycles. The van der Waals surface area contributed by atoms with Gasteiger partial charge in [-0.1, -0.05) is 30.3 Å². The van der Waals surface area contributed by atoms with E-state index in [1.807, 2.05) is 30.0 Å². The number of benzene rings is 1. The van der Waals surface area contributed by atoms with Gasteiger partial charge in [0.15, 0.2) is 5.96 Å². The second-order valence-electron chi connectivity index (χ2n) is 4.58. The Morgan fingerprint density at radius 2 is 2.00 bits per heavy atom. The number of rotatable bonds is 3. The summed E-state index contributed by atoms with van der Waals surface area (Å²) < 4.78 is 0. The average Bonchev–Trinajstić information content (AvgIpc) is 2.46. The molecule has 1 aliphatic heterocycles. The standard InChI is InChI=1S/C14H21N3S/c1-18-13-7-9-17(10-8-13)14(15)16-11-12-5-3-2-4-6-12/h2-6,13H,7-11H2,1H3,(H2,15,16). The van der Waals surface area contributed by atoms with Crippen LogP contribution in [0.15, 0.2) is 35.3 Å². The van der Waals surface area contributed by atoms with E-state index in [1.54, 1.807) is 0 Å². The predicted octanol–water partition coefficient (Wildman–Crippen LogP) is 2.33. The van der Waals surface area contributed by atoms with Crippen LogP contribution in [0.25, 0.3) is 0 Å². The molecule has 1 aromatic rings. The molecule has 98 valence electrons. The van der Waals surface area contributed by atoms with Crippen molar-refractivity contribution < 1.29 is 0 Å². The van der Waals surface area contributed by atoms with E-state index in [0.29, 0.717) is 12.5 Å². The van der Waals surface area contributed by atoms with Crippen molar-refractivity contribution >= 4 is 17.7 Å². The first-order valence-electron chi connectivity index (χ1n) is 6.41. The normalized spacial score (nSPS) is 18.1. The zero-order chi connectivity index (χ0) is 12.8. The third-order valence-corrected chi connectivity index (χ3v) is 4.50.